The number of ether oxygens (including phenoxy) is 1. The highest BCUT2D eigenvalue weighted by Gasteiger charge is 2.18. The van der Waals surface area contributed by atoms with Gasteiger partial charge in [-0.1, -0.05) is 475 Å². The first-order valence-corrected chi connectivity index (χ1v) is 45.1. The number of allylic oxidation sites excluding steroid dienone is 3. The highest BCUT2D eigenvalue weighted by atomic mass is 16.5. The third-order valence-corrected chi connectivity index (χ3v) is 21.5. The van der Waals surface area contributed by atoms with Crippen LogP contribution in [-0.2, 0) is 14.3 Å². The van der Waals surface area contributed by atoms with Crippen molar-refractivity contribution in [3.05, 3.63) is 24.3 Å². The van der Waals surface area contributed by atoms with E-state index < -0.39 is 12.1 Å². The molecule has 0 saturated carbocycles. The first-order valence-electron chi connectivity index (χ1n) is 45.1. The van der Waals surface area contributed by atoms with Gasteiger partial charge in [-0.3, -0.25) is 9.59 Å². The lowest BCUT2D eigenvalue weighted by molar-refractivity contribution is -0.143. The number of unbranched alkanes of at least 4 members (excludes halogenated alkanes) is 73. The number of carbonyl (C=O) groups is 2. The Morgan fingerprint density at radius 3 is 0.732 bits per heavy atom. The first-order chi connectivity index (χ1) is 48.0. The summed E-state index contributed by atoms with van der Waals surface area (Å²) in [6.07, 6.45) is 114. The molecule has 0 fully saturated rings. The molecule has 0 aromatic rings. The molecule has 0 spiro atoms. The SMILES string of the molecule is CCCCCCCCCCCCCCCCCCCCCCCC/C=C/C(O)C(CO)NC(=O)CCCCCCCCCCCCCCCCCCC/C=C\CCCCCCCCCCCCCCCCCCCCOC(=O)CCCCCCCCCCCCCCCCCCC. The van der Waals surface area contributed by atoms with Crippen LogP contribution >= 0.6 is 0 Å². The molecule has 3 N–H and O–H groups in total. The number of rotatable bonds is 86. The summed E-state index contributed by atoms with van der Waals surface area (Å²) in [7, 11) is 0. The van der Waals surface area contributed by atoms with Crippen LogP contribution in [0, 0.1) is 0 Å². The molecule has 6 heteroatoms. The summed E-state index contributed by atoms with van der Waals surface area (Å²) in [4.78, 5) is 24.7. The molecule has 576 valence electrons. The van der Waals surface area contributed by atoms with Crippen molar-refractivity contribution in [2.24, 2.45) is 0 Å². The van der Waals surface area contributed by atoms with Gasteiger partial charge in [0.2, 0.25) is 5.91 Å². The largest absolute Gasteiger partial charge is 0.466 e. The van der Waals surface area contributed by atoms with Crippen molar-refractivity contribution < 1.29 is 24.5 Å². The van der Waals surface area contributed by atoms with E-state index in [-0.39, 0.29) is 18.5 Å². The Kier molecular flexibility index (Phi) is 85.3. The lowest BCUT2D eigenvalue weighted by Crippen LogP contribution is -2.45. The Balaban J connectivity index is 3.34. The molecule has 0 radical (unpaired) electrons. The topological polar surface area (TPSA) is 95.9 Å². The van der Waals surface area contributed by atoms with E-state index in [1.165, 1.54) is 456 Å². The van der Waals surface area contributed by atoms with E-state index in [1.54, 1.807) is 6.08 Å². The van der Waals surface area contributed by atoms with Gasteiger partial charge in [0.05, 0.1) is 25.4 Å². The molecule has 0 aromatic heterocycles. The summed E-state index contributed by atoms with van der Waals surface area (Å²) < 4.78 is 5.52. The average molecular weight is 1370 g/mol. The molecule has 0 aliphatic heterocycles. The van der Waals surface area contributed by atoms with E-state index in [0.717, 1.165) is 38.5 Å². The van der Waals surface area contributed by atoms with Gasteiger partial charge in [0.15, 0.2) is 0 Å². The zero-order chi connectivity index (χ0) is 69.8. The summed E-state index contributed by atoms with van der Waals surface area (Å²) >= 11 is 0. The Morgan fingerprint density at radius 2 is 0.485 bits per heavy atom. The Bertz CT molecular complexity index is 1530. The molecule has 0 aliphatic rings. The number of hydrogen-bond donors (Lipinski definition) is 3. The predicted octanol–water partition coefficient (Wildman–Crippen LogP) is 30.3. The third-order valence-electron chi connectivity index (χ3n) is 21.5. The van der Waals surface area contributed by atoms with Gasteiger partial charge < -0.3 is 20.3 Å². The number of esters is 1. The number of amides is 1. The number of hydrogen-bond acceptors (Lipinski definition) is 5. The smallest absolute Gasteiger partial charge is 0.305 e. The molecule has 0 bridgehead atoms. The standard InChI is InChI=1S/C91H177NO5/c1-3-5-7-9-11-13-15-17-19-21-22-23-24-42-45-48-52-55-59-63-67-71-75-79-83-89(94)88(87-93)92-90(95)84-80-76-72-68-64-60-56-53-49-46-43-40-38-36-34-32-30-28-26-25-27-29-31-33-35-37-39-41-44-47-50-54-58-62-66-70-74-78-82-86-97-91(96)85-81-77-73-69-65-61-57-51-20-18-16-14-12-10-8-6-4-2/h25-26,79,83,88-89,93-94H,3-24,27-78,80-82,84-87H2,1-2H3,(H,92,95)/b26-25-,83-79+. The summed E-state index contributed by atoms with van der Waals surface area (Å²) in [6.45, 7) is 4.98. The van der Waals surface area contributed by atoms with E-state index in [0.29, 0.717) is 19.4 Å². The second kappa shape index (κ2) is 86.7. The van der Waals surface area contributed by atoms with Crippen LogP contribution in [-0.4, -0.2) is 47.4 Å². The van der Waals surface area contributed by atoms with Gasteiger partial charge in [0.1, 0.15) is 0 Å². The van der Waals surface area contributed by atoms with Gasteiger partial charge >= 0.3 is 5.97 Å². The molecular weight excluding hydrogens is 1190 g/mol. The minimum atomic E-state index is -0.843. The highest BCUT2D eigenvalue weighted by Crippen LogP contribution is 2.21. The zero-order valence-corrected chi connectivity index (χ0v) is 66.4. The van der Waals surface area contributed by atoms with Gasteiger partial charge in [-0.2, -0.15) is 0 Å². The van der Waals surface area contributed by atoms with Crippen LogP contribution in [0.1, 0.15) is 521 Å². The second-order valence-corrected chi connectivity index (χ2v) is 31.3. The van der Waals surface area contributed by atoms with Gasteiger partial charge in [-0.25, -0.2) is 0 Å². The quantitative estimate of drug-likeness (QED) is 0.0320. The minimum Gasteiger partial charge on any atom is -0.466 e. The van der Waals surface area contributed by atoms with Crippen molar-refractivity contribution in [2.45, 2.75) is 533 Å². The minimum absolute atomic E-state index is 0.0276. The van der Waals surface area contributed by atoms with Crippen LogP contribution in [0.4, 0.5) is 0 Å². The van der Waals surface area contributed by atoms with E-state index in [4.69, 9.17) is 4.74 Å². The zero-order valence-electron chi connectivity index (χ0n) is 66.4. The van der Waals surface area contributed by atoms with Gasteiger partial charge in [-0.05, 0) is 57.8 Å². The monoisotopic (exact) mass is 1360 g/mol. The van der Waals surface area contributed by atoms with Crippen LogP contribution in [0.25, 0.3) is 0 Å². The third kappa shape index (κ3) is 83.2. The maximum absolute atomic E-state index is 12.6. The Morgan fingerprint density at radius 1 is 0.278 bits per heavy atom. The summed E-state index contributed by atoms with van der Waals surface area (Å²) in [5.41, 5.74) is 0. The van der Waals surface area contributed by atoms with Crippen molar-refractivity contribution in [1.29, 1.82) is 0 Å². The molecular formula is C91H177NO5. The number of carbonyl (C=O) groups excluding carboxylic acids is 2. The normalized spacial score (nSPS) is 12.5. The van der Waals surface area contributed by atoms with Gasteiger partial charge in [0, 0.05) is 12.8 Å². The van der Waals surface area contributed by atoms with Gasteiger partial charge in [-0.15, -0.1) is 0 Å². The average Bonchev–Trinajstić information content (AvgIpc) is 2.81. The maximum atomic E-state index is 12.6. The van der Waals surface area contributed by atoms with Crippen molar-refractivity contribution >= 4 is 11.9 Å². The molecule has 0 saturated heterocycles. The van der Waals surface area contributed by atoms with E-state index in [1.807, 2.05) is 6.08 Å². The van der Waals surface area contributed by atoms with Crippen LogP contribution < -0.4 is 5.32 Å². The van der Waals surface area contributed by atoms with E-state index >= 15 is 0 Å². The molecule has 0 aromatic carbocycles. The lowest BCUT2D eigenvalue weighted by atomic mass is 10.0. The van der Waals surface area contributed by atoms with E-state index in [2.05, 4.69) is 31.3 Å². The molecule has 2 atom stereocenters. The van der Waals surface area contributed by atoms with Crippen molar-refractivity contribution in [3.63, 3.8) is 0 Å². The van der Waals surface area contributed by atoms with Crippen molar-refractivity contribution in [3.8, 4) is 0 Å². The van der Waals surface area contributed by atoms with Crippen LogP contribution in [0.2, 0.25) is 0 Å². The van der Waals surface area contributed by atoms with Crippen molar-refractivity contribution in [2.75, 3.05) is 13.2 Å². The number of aliphatic hydroxyl groups is 2. The summed E-state index contributed by atoms with van der Waals surface area (Å²) in [5, 5.41) is 23.3. The number of aliphatic hydroxyl groups excluding tert-OH is 2. The van der Waals surface area contributed by atoms with Crippen LogP contribution in [0.3, 0.4) is 0 Å². The lowest BCUT2D eigenvalue weighted by Gasteiger charge is -2.20. The fraction of sp³-hybridized carbons (Fsp3) is 0.934. The molecule has 0 heterocycles. The fourth-order valence-corrected chi connectivity index (χ4v) is 14.6. The summed E-state index contributed by atoms with van der Waals surface area (Å²) in [5.74, 6) is -0.0300. The fourth-order valence-electron chi connectivity index (χ4n) is 14.6. The molecule has 6 nitrogen and oxygen atoms in total. The van der Waals surface area contributed by atoms with Crippen LogP contribution in [0.5, 0.6) is 0 Å². The van der Waals surface area contributed by atoms with Gasteiger partial charge in [0.25, 0.3) is 0 Å². The first kappa shape index (κ1) is 95.3. The van der Waals surface area contributed by atoms with Crippen molar-refractivity contribution in [1.82, 2.24) is 5.32 Å². The molecule has 2 unspecified atom stereocenters. The Hall–Kier alpha value is -1.66. The highest BCUT2D eigenvalue weighted by molar-refractivity contribution is 5.76. The van der Waals surface area contributed by atoms with E-state index in [9.17, 15) is 19.8 Å². The Labute approximate surface area is 609 Å². The second-order valence-electron chi connectivity index (χ2n) is 31.3. The van der Waals surface area contributed by atoms with Crippen LogP contribution in [0.15, 0.2) is 24.3 Å². The molecule has 0 rings (SSSR count). The predicted molar refractivity (Wildman–Crippen MR) is 430 cm³/mol. The maximum Gasteiger partial charge on any atom is 0.305 e. The molecule has 0 aliphatic carbocycles. The number of nitrogens with one attached hydrogen (secondary N) is 1. The molecule has 97 heavy (non-hydrogen) atoms. The molecule has 1 amide bonds. The summed E-state index contributed by atoms with van der Waals surface area (Å²) in [6, 6.07) is -0.626.